The highest BCUT2D eigenvalue weighted by molar-refractivity contribution is 6.31. The number of nitrogen functional groups attached to an aromatic ring is 1. The molecule has 0 spiro atoms. The monoisotopic (exact) mass is 266 g/mol. The maximum atomic E-state index is 12.1. The first-order valence-electron chi connectivity index (χ1n) is 6.45. The van der Waals surface area contributed by atoms with Crippen LogP contribution in [0.5, 0.6) is 0 Å². The third-order valence-electron chi connectivity index (χ3n) is 3.33. The normalized spacial score (nSPS) is 16.3. The fourth-order valence-corrected chi connectivity index (χ4v) is 2.34. The second-order valence-corrected chi connectivity index (χ2v) is 5.47. The van der Waals surface area contributed by atoms with E-state index in [0.717, 1.165) is 18.8 Å². The summed E-state index contributed by atoms with van der Waals surface area (Å²) in [5.41, 5.74) is 6.74. The van der Waals surface area contributed by atoms with Gasteiger partial charge in [0.2, 0.25) is 0 Å². The van der Waals surface area contributed by atoms with Crippen molar-refractivity contribution in [2.75, 3.05) is 5.73 Å². The third kappa shape index (κ3) is 3.64. The Hall–Kier alpha value is -1.22. The fraction of sp³-hybridized carbons (Fsp3) is 0.500. The molecule has 0 heterocycles. The van der Waals surface area contributed by atoms with E-state index >= 15 is 0 Å². The summed E-state index contributed by atoms with van der Waals surface area (Å²) in [6.07, 6.45) is 4.64. The van der Waals surface area contributed by atoms with Crippen molar-refractivity contribution >= 4 is 23.2 Å². The van der Waals surface area contributed by atoms with Crippen LogP contribution < -0.4 is 11.1 Å². The molecule has 1 aliphatic carbocycles. The summed E-state index contributed by atoms with van der Waals surface area (Å²) in [6.45, 7) is 2.10. The number of halogens is 1. The molecule has 1 fully saturated rings. The van der Waals surface area contributed by atoms with Crippen molar-refractivity contribution in [2.24, 2.45) is 5.92 Å². The largest absolute Gasteiger partial charge is 0.399 e. The number of hydrogen-bond acceptors (Lipinski definition) is 2. The minimum absolute atomic E-state index is 0.0864. The number of nitrogens with one attached hydrogen (secondary N) is 1. The van der Waals surface area contributed by atoms with Crippen LogP contribution in [0, 0.1) is 5.92 Å². The van der Waals surface area contributed by atoms with E-state index in [9.17, 15) is 4.79 Å². The fourth-order valence-electron chi connectivity index (χ4n) is 2.10. The van der Waals surface area contributed by atoms with Crippen LogP contribution in [0.3, 0.4) is 0 Å². The number of rotatable bonds is 5. The minimum Gasteiger partial charge on any atom is -0.399 e. The molecule has 0 aromatic heterocycles. The molecular formula is C14H19ClN2O. The van der Waals surface area contributed by atoms with E-state index in [0.29, 0.717) is 16.3 Å². The Morgan fingerprint density at radius 1 is 1.50 bits per heavy atom. The first-order chi connectivity index (χ1) is 8.58. The number of benzene rings is 1. The molecule has 1 unspecified atom stereocenters. The lowest BCUT2D eigenvalue weighted by molar-refractivity contribution is 0.0932. The molecule has 3 N–H and O–H groups in total. The van der Waals surface area contributed by atoms with E-state index in [4.69, 9.17) is 17.3 Å². The lowest BCUT2D eigenvalue weighted by Gasteiger charge is -2.16. The summed E-state index contributed by atoms with van der Waals surface area (Å²) in [7, 11) is 0. The summed E-state index contributed by atoms with van der Waals surface area (Å²) < 4.78 is 0. The standard InChI is InChI=1S/C14H19ClN2O/c1-2-13(5-9-3-4-9)17-14(18)10-6-11(15)8-12(16)7-10/h6-9,13H,2-5,16H2,1H3,(H,17,18). The second-order valence-electron chi connectivity index (χ2n) is 5.03. The molecule has 4 heteroatoms. The van der Waals surface area contributed by atoms with Crippen molar-refractivity contribution in [3.05, 3.63) is 28.8 Å². The molecule has 1 amide bonds. The Morgan fingerprint density at radius 3 is 2.78 bits per heavy atom. The number of carbonyl (C=O) groups is 1. The number of nitrogens with two attached hydrogens (primary N) is 1. The van der Waals surface area contributed by atoms with E-state index in [1.54, 1.807) is 18.2 Å². The van der Waals surface area contributed by atoms with Crippen molar-refractivity contribution in [3.63, 3.8) is 0 Å². The summed E-state index contributed by atoms with van der Waals surface area (Å²) in [5.74, 6) is 0.719. The van der Waals surface area contributed by atoms with Gasteiger partial charge >= 0.3 is 0 Å². The van der Waals surface area contributed by atoms with Crippen LogP contribution in [0.2, 0.25) is 5.02 Å². The molecule has 0 saturated heterocycles. The zero-order valence-corrected chi connectivity index (χ0v) is 11.3. The Labute approximate surface area is 113 Å². The maximum Gasteiger partial charge on any atom is 0.251 e. The van der Waals surface area contributed by atoms with Crippen molar-refractivity contribution in [1.82, 2.24) is 5.32 Å². The lowest BCUT2D eigenvalue weighted by atomic mass is 10.1. The average molecular weight is 267 g/mol. The van der Waals surface area contributed by atoms with Crippen LogP contribution in [-0.2, 0) is 0 Å². The van der Waals surface area contributed by atoms with Crippen LogP contribution >= 0.6 is 11.6 Å². The van der Waals surface area contributed by atoms with E-state index in [-0.39, 0.29) is 11.9 Å². The average Bonchev–Trinajstić information content (AvgIpc) is 3.10. The molecule has 0 bridgehead atoms. The SMILES string of the molecule is CCC(CC1CC1)NC(=O)c1cc(N)cc(Cl)c1. The Balaban J connectivity index is 2.00. The summed E-state index contributed by atoms with van der Waals surface area (Å²) in [5, 5.41) is 3.55. The smallest absolute Gasteiger partial charge is 0.251 e. The molecule has 3 nitrogen and oxygen atoms in total. The van der Waals surface area contributed by atoms with E-state index in [1.165, 1.54) is 12.8 Å². The highest BCUT2D eigenvalue weighted by Gasteiger charge is 2.25. The number of carbonyl (C=O) groups excluding carboxylic acids is 1. The number of anilines is 1. The zero-order valence-electron chi connectivity index (χ0n) is 10.6. The van der Waals surface area contributed by atoms with E-state index in [2.05, 4.69) is 12.2 Å². The zero-order chi connectivity index (χ0) is 13.1. The summed E-state index contributed by atoms with van der Waals surface area (Å²) in [6, 6.07) is 5.20. The first kappa shape index (κ1) is 13.2. The molecule has 1 atom stereocenters. The predicted molar refractivity (Wildman–Crippen MR) is 74.8 cm³/mol. The Bertz CT molecular complexity index is 423. The molecule has 18 heavy (non-hydrogen) atoms. The van der Waals surface area contributed by atoms with Gasteiger partial charge in [-0.25, -0.2) is 0 Å². The molecule has 1 aliphatic rings. The van der Waals surface area contributed by atoms with Gasteiger partial charge in [0, 0.05) is 22.3 Å². The van der Waals surface area contributed by atoms with Crippen LogP contribution in [0.1, 0.15) is 43.0 Å². The van der Waals surface area contributed by atoms with Gasteiger partial charge in [0.05, 0.1) is 0 Å². The quantitative estimate of drug-likeness (QED) is 0.804. The lowest BCUT2D eigenvalue weighted by Crippen LogP contribution is -2.34. The van der Waals surface area contributed by atoms with Crippen molar-refractivity contribution in [3.8, 4) is 0 Å². The Morgan fingerprint density at radius 2 is 2.22 bits per heavy atom. The van der Waals surface area contributed by atoms with Crippen LogP contribution in [-0.4, -0.2) is 11.9 Å². The van der Waals surface area contributed by atoms with Gasteiger partial charge in [0.15, 0.2) is 0 Å². The third-order valence-corrected chi connectivity index (χ3v) is 3.54. The summed E-state index contributed by atoms with van der Waals surface area (Å²) in [4.78, 5) is 12.1. The molecule has 2 rings (SSSR count). The Kier molecular flexibility index (Phi) is 4.12. The molecule has 0 radical (unpaired) electrons. The van der Waals surface area contributed by atoms with Gasteiger partial charge < -0.3 is 11.1 Å². The van der Waals surface area contributed by atoms with Crippen LogP contribution in [0.15, 0.2) is 18.2 Å². The number of amides is 1. The van der Waals surface area contributed by atoms with E-state index < -0.39 is 0 Å². The predicted octanol–water partition coefficient (Wildman–Crippen LogP) is 3.23. The molecule has 1 aromatic rings. The van der Waals surface area contributed by atoms with Gasteiger partial charge in [-0.05, 0) is 37.0 Å². The molecular weight excluding hydrogens is 248 g/mol. The van der Waals surface area contributed by atoms with Gasteiger partial charge in [-0.2, -0.15) is 0 Å². The van der Waals surface area contributed by atoms with Crippen molar-refractivity contribution < 1.29 is 4.79 Å². The van der Waals surface area contributed by atoms with Crippen LogP contribution in [0.4, 0.5) is 5.69 Å². The first-order valence-corrected chi connectivity index (χ1v) is 6.83. The highest BCUT2D eigenvalue weighted by atomic mass is 35.5. The molecule has 1 saturated carbocycles. The topological polar surface area (TPSA) is 55.1 Å². The molecule has 98 valence electrons. The maximum absolute atomic E-state index is 12.1. The van der Waals surface area contributed by atoms with E-state index in [1.807, 2.05) is 0 Å². The van der Waals surface area contributed by atoms with Gasteiger partial charge in [-0.15, -0.1) is 0 Å². The van der Waals surface area contributed by atoms with Crippen molar-refractivity contribution in [2.45, 2.75) is 38.6 Å². The second kappa shape index (κ2) is 5.61. The highest BCUT2D eigenvalue weighted by Crippen LogP contribution is 2.34. The van der Waals surface area contributed by atoms with Gasteiger partial charge in [0.25, 0.3) is 5.91 Å². The van der Waals surface area contributed by atoms with Crippen molar-refractivity contribution in [1.29, 1.82) is 0 Å². The van der Waals surface area contributed by atoms with Gasteiger partial charge in [-0.3, -0.25) is 4.79 Å². The molecule has 0 aliphatic heterocycles. The van der Waals surface area contributed by atoms with Crippen LogP contribution in [0.25, 0.3) is 0 Å². The van der Waals surface area contributed by atoms with Gasteiger partial charge in [-0.1, -0.05) is 31.4 Å². The number of hydrogen-bond donors (Lipinski definition) is 2. The van der Waals surface area contributed by atoms with Gasteiger partial charge in [0.1, 0.15) is 0 Å². The molecule has 1 aromatic carbocycles. The summed E-state index contributed by atoms with van der Waals surface area (Å²) >= 11 is 5.90. The minimum atomic E-state index is -0.0864.